The molecular weight excluding hydrogens is 374 g/mol. The summed E-state index contributed by atoms with van der Waals surface area (Å²) in [5, 5.41) is -1.11. The van der Waals surface area contributed by atoms with Gasteiger partial charge >= 0.3 is 12.4 Å². The fourth-order valence-electron chi connectivity index (χ4n) is 1.98. The van der Waals surface area contributed by atoms with Gasteiger partial charge in [-0.15, -0.1) is 0 Å². The molecule has 1 atom stereocenters. The lowest BCUT2D eigenvalue weighted by molar-refractivity contribution is -0.138. The molecule has 0 radical (unpaired) electrons. The smallest absolute Gasteiger partial charge is 0.416 e. The van der Waals surface area contributed by atoms with Gasteiger partial charge in [-0.05, 0) is 48.0 Å². The van der Waals surface area contributed by atoms with Crippen LogP contribution in [-0.4, -0.2) is 5.24 Å². The summed E-state index contributed by atoms with van der Waals surface area (Å²) < 4.78 is 81.0. The Hall–Kier alpha value is -2.22. The Bertz CT molecular complexity index is 752. The SMILES string of the molecule is O=C(Cl)C(Oc1ccc(C(F)(F)F)cc1)c1cccc(C(F)(F)F)c1. The Labute approximate surface area is 143 Å². The lowest BCUT2D eigenvalue weighted by Gasteiger charge is -2.17. The summed E-state index contributed by atoms with van der Waals surface area (Å²) in [7, 11) is 0. The fraction of sp³-hybridized carbons (Fsp3) is 0.188. The van der Waals surface area contributed by atoms with Crippen LogP contribution in [0, 0.1) is 0 Å². The number of hydrogen-bond acceptors (Lipinski definition) is 2. The first kappa shape index (κ1) is 19.1. The minimum Gasteiger partial charge on any atom is -0.477 e. The summed E-state index contributed by atoms with van der Waals surface area (Å²) in [5.41, 5.74) is -2.12. The summed E-state index contributed by atoms with van der Waals surface area (Å²) in [5.74, 6) is -0.149. The normalized spacial score (nSPS) is 13.4. The van der Waals surface area contributed by atoms with Crippen LogP contribution >= 0.6 is 11.6 Å². The van der Waals surface area contributed by atoms with Gasteiger partial charge in [-0.3, -0.25) is 4.79 Å². The van der Waals surface area contributed by atoms with E-state index in [-0.39, 0.29) is 11.3 Å². The number of halogens is 7. The second-order valence-corrected chi connectivity index (χ2v) is 5.32. The number of carbonyl (C=O) groups excluding carboxylic acids is 1. The van der Waals surface area contributed by atoms with Crippen LogP contribution in [0.1, 0.15) is 22.8 Å². The van der Waals surface area contributed by atoms with E-state index in [2.05, 4.69) is 0 Å². The molecule has 0 heterocycles. The first-order valence-corrected chi connectivity index (χ1v) is 7.06. The standard InChI is InChI=1S/C16H9ClF6O2/c17-14(24)13(9-2-1-3-11(8-9)16(21,22)23)25-12-6-4-10(5-7-12)15(18,19)20/h1-8,13H. The molecule has 0 aromatic heterocycles. The van der Waals surface area contributed by atoms with Crippen LogP contribution in [0.5, 0.6) is 5.75 Å². The van der Waals surface area contributed by atoms with E-state index in [0.717, 1.165) is 36.4 Å². The lowest BCUT2D eigenvalue weighted by atomic mass is 10.1. The number of benzene rings is 2. The van der Waals surface area contributed by atoms with Gasteiger partial charge in [-0.25, -0.2) is 0 Å². The Morgan fingerprint density at radius 3 is 1.92 bits per heavy atom. The predicted molar refractivity (Wildman–Crippen MR) is 77.1 cm³/mol. The fourth-order valence-corrected chi connectivity index (χ4v) is 2.15. The summed E-state index contributed by atoms with van der Waals surface area (Å²) in [6.45, 7) is 0. The molecule has 0 aliphatic heterocycles. The van der Waals surface area contributed by atoms with Gasteiger partial charge in [0.2, 0.25) is 0 Å². The van der Waals surface area contributed by atoms with E-state index in [1.807, 2.05) is 0 Å². The zero-order valence-electron chi connectivity index (χ0n) is 12.2. The third kappa shape index (κ3) is 4.88. The van der Waals surface area contributed by atoms with Gasteiger partial charge in [0.25, 0.3) is 5.24 Å². The van der Waals surface area contributed by atoms with E-state index in [4.69, 9.17) is 16.3 Å². The van der Waals surface area contributed by atoms with E-state index in [9.17, 15) is 31.1 Å². The topological polar surface area (TPSA) is 26.3 Å². The summed E-state index contributed by atoms with van der Waals surface area (Å²) in [4.78, 5) is 11.5. The van der Waals surface area contributed by atoms with Crippen molar-refractivity contribution in [1.29, 1.82) is 0 Å². The van der Waals surface area contributed by atoms with Gasteiger partial charge < -0.3 is 4.74 Å². The third-order valence-corrected chi connectivity index (χ3v) is 3.36. The van der Waals surface area contributed by atoms with E-state index < -0.39 is 34.8 Å². The Balaban J connectivity index is 2.29. The van der Waals surface area contributed by atoms with Crippen molar-refractivity contribution in [2.45, 2.75) is 18.5 Å². The molecule has 0 N–H and O–H groups in total. The quantitative estimate of drug-likeness (QED) is 0.507. The second-order valence-electron chi connectivity index (χ2n) is 4.95. The molecule has 0 bridgehead atoms. The molecule has 134 valence electrons. The van der Waals surface area contributed by atoms with Crippen molar-refractivity contribution in [2.24, 2.45) is 0 Å². The van der Waals surface area contributed by atoms with Gasteiger partial charge in [-0.2, -0.15) is 26.3 Å². The number of alkyl halides is 6. The van der Waals surface area contributed by atoms with Crippen molar-refractivity contribution in [2.75, 3.05) is 0 Å². The molecule has 2 aromatic carbocycles. The number of carbonyl (C=O) groups is 1. The van der Waals surface area contributed by atoms with Crippen molar-refractivity contribution < 1.29 is 35.9 Å². The molecule has 2 rings (SSSR count). The van der Waals surface area contributed by atoms with Crippen LogP contribution in [0.15, 0.2) is 48.5 Å². The number of rotatable bonds is 4. The van der Waals surface area contributed by atoms with Crippen LogP contribution in [0.4, 0.5) is 26.3 Å². The van der Waals surface area contributed by atoms with Crippen molar-refractivity contribution in [3.8, 4) is 5.75 Å². The molecule has 9 heteroatoms. The molecule has 1 unspecified atom stereocenters. The van der Waals surface area contributed by atoms with Gasteiger partial charge in [0.1, 0.15) is 5.75 Å². The summed E-state index contributed by atoms with van der Waals surface area (Å²) in [6, 6.07) is 7.10. The van der Waals surface area contributed by atoms with Gasteiger partial charge in [0.05, 0.1) is 11.1 Å². The zero-order chi connectivity index (χ0) is 18.8. The van der Waals surface area contributed by atoms with Crippen molar-refractivity contribution in [3.63, 3.8) is 0 Å². The predicted octanol–water partition coefficient (Wildman–Crippen LogP) is 5.61. The largest absolute Gasteiger partial charge is 0.477 e. The zero-order valence-corrected chi connectivity index (χ0v) is 12.9. The monoisotopic (exact) mass is 382 g/mol. The Morgan fingerprint density at radius 2 is 1.44 bits per heavy atom. The molecule has 0 saturated carbocycles. The van der Waals surface area contributed by atoms with E-state index in [0.29, 0.717) is 6.07 Å². The van der Waals surface area contributed by atoms with Crippen LogP contribution < -0.4 is 4.74 Å². The van der Waals surface area contributed by atoms with Crippen LogP contribution in [0.25, 0.3) is 0 Å². The number of hydrogen-bond donors (Lipinski definition) is 0. The van der Waals surface area contributed by atoms with E-state index in [1.54, 1.807) is 0 Å². The minimum absolute atomic E-state index is 0.149. The molecule has 2 nitrogen and oxygen atoms in total. The average molecular weight is 383 g/mol. The molecule has 0 spiro atoms. The Kier molecular flexibility index (Phi) is 5.31. The average Bonchev–Trinajstić information content (AvgIpc) is 2.51. The summed E-state index contributed by atoms with van der Waals surface area (Å²) in [6.07, 6.45) is -10.8. The molecule has 0 amide bonds. The highest BCUT2D eigenvalue weighted by Gasteiger charge is 2.33. The third-order valence-electron chi connectivity index (χ3n) is 3.16. The maximum absolute atomic E-state index is 12.8. The second kappa shape index (κ2) is 6.95. The number of ether oxygens (including phenoxy) is 1. The molecule has 25 heavy (non-hydrogen) atoms. The van der Waals surface area contributed by atoms with Crippen molar-refractivity contribution >= 4 is 16.8 Å². The van der Waals surface area contributed by atoms with Crippen molar-refractivity contribution in [1.82, 2.24) is 0 Å². The molecule has 2 aromatic rings. The van der Waals surface area contributed by atoms with E-state index >= 15 is 0 Å². The van der Waals surface area contributed by atoms with Gasteiger partial charge in [0, 0.05) is 5.56 Å². The van der Waals surface area contributed by atoms with E-state index in [1.165, 1.54) is 6.07 Å². The first-order valence-electron chi connectivity index (χ1n) is 6.69. The van der Waals surface area contributed by atoms with Crippen molar-refractivity contribution in [3.05, 3.63) is 65.2 Å². The maximum Gasteiger partial charge on any atom is 0.416 e. The lowest BCUT2D eigenvalue weighted by Crippen LogP contribution is -2.16. The first-order chi connectivity index (χ1) is 11.5. The van der Waals surface area contributed by atoms with Gasteiger partial charge in [-0.1, -0.05) is 12.1 Å². The van der Waals surface area contributed by atoms with Crippen LogP contribution in [-0.2, 0) is 17.1 Å². The Morgan fingerprint density at radius 1 is 0.880 bits per heavy atom. The highest BCUT2D eigenvalue weighted by atomic mass is 35.5. The maximum atomic E-state index is 12.8. The highest BCUT2D eigenvalue weighted by molar-refractivity contribution is 6.64. The minimum atomic E-state index is -4.63. The van der Waals surface area contributed by atoms with Crippen LogP contribution in [0.2, 0.25) is 0 Å². The molecular formula is C16H9ClF6O2. The molecule has 0 fully saturated rings. The molecule has 0 saturated heterocycles. The summed E-state index contributed by atoms with van der Waals surface area (Å²) >= 11 is 5.37. The van der Waals surface area contributed by atoms with Gasteiger partial charge in [0.15, 0.2) is 6.10 Å². The highest BCUT2D eigenvalue weighted by Crippen LogP contribution is 2.34. The van der Waals surface area contributed by atoms with Crippen LogP contribution in [0.3, 0.4) is 0 Å². The molecule has 0 aliphatic carbocycles. The molecule has 0 aliphatic rings.